The first-order chi connectivity index (χ1) is 11.5. The minimum atomic E-state index is -0.343. The summed E-state index contributed by atoms with van der Waals surface area (Å²) in [6.07, 6.45) is 2.24. The molecule has 0 saturated heterocycles. The van der Waals surface area contributed by atoms with Gasteiger partial charge >= 0.3 is 0 Å². The van der Waals surface area contributed by atoms with Crippen LogP contribution in [0.2, 0.25) is 0 Å². The number of hydrogen-bond donors (Lipinski definition) is 0. The van der Waals surface area contributed by atoms with Gasteiger partial charge in [-0.15, -0.1) is 0 Å². The van der Waals surface area contributed by atoms with Gasteiger partial charge in [0.1, 0.15) is 12.4 Å². The number of halogens is 1. The maximum absolute atomic E-state index is 13.5. The number of amides is 1. The Hall–Kier alpha value is -2.63. The van der Waals surface area contributed by atoms with Gasteiger partial charge in [0, 0.05) is 12.7 Å². The van der Waals surface area contributed by atoms with E-state index in [-0.39, 0.29) is 35.6 Å². The molecule has 2 aromatic rings. The van der Waals surface area contributed by atoms with E-state index in [1.165, 1.54) is 23.8 Å². The van der Waals surface area contributed by atoms with Gasteiger partial charge < -0.3 is 14.2 Å². The van der Waals surface area contributed by atoms with E-state index in [1.54, 1.807) is 29.3 Å². The third-order valence-corrected chi connectivity index (χ3v) is 4.48. The summed E-state index contributed by atoms with van der Waals surface area (Å²) in [7, 11) is 1.42. The molecule has 0 bridgehead atoms. The highest BCUT2D eigenvalue weighted by molar-refractivity contribution is 5.77. The molecule has 5 nitrogen and oxygen atoms in total. The summed E-state index contributed by atoms with van der Waals surface area (Å²) in [6.45, 7) is 2.37. The van der Waals surface area contributed by atoms with Gasteiger partial charge in [0.2, 0.25) is 5.91 Å². The van der Waals surface area contributed by atoms with Gasteiger partial charge in [-0.2, -0.15) is 0 Å². The van der Waals surface area contributed by atoms with Gasteiger partial charge in [-0.05, 0) is 48.7 Å². The highest BCUT2D eigenvalue weighted by Gasteiger charge is 2.28. The van der Waals surface area contributed by atoms with Gasteiger partial charge in [-0.3, -0.25) is 9.59 Å². The molecule has 0 aliphatic carbocycles. The predicted octanol–water partition coefficient (Wildman–Crippen LogP) is 2.14. The zero-order valence-corrected chi connectivity index (χ0v) is 13.7. The van der Waals surface area contributed by atoms with E-state index < -0.39 is 0 Å². The Labute approximate surface area is 139 Å². The Bertz CT molecular complexity index is 831. The fraction of sp³-hybridized carbons (Fsp3) is 0.333. The van der Waals surface area contributed by atoms with Crippen molar-refractivity contribution in [1.29, 1.82) is 0 Å². The van der Waals surface area contributed by atoms with Gasteiger partial charge in [0.25, 0.3) is 5.56 Å². The molecule has 0 fully saturated rings. The van der Waals surface area contributed by atoms with E-state index >= 15 is 0 Å². The summed E-state index contributed by atoms with van der Waals surface area (Å²) in [6, 6.07) is 7.70. The first kappa shape index (κ1) is 16.2. The molecule has 6 heteroatoms. The topological polar surface area (TPSA) is 51.5 Å². The molecule has 0 N–H and O–H groups in total. The lowest BCUT2D eigenvalue weighted by Crippen LogP contribution is -2.42. The fourth-order valence-corrected chi connectivity index (χ4v) is 3.16. The third kappa shape index (κ3) is 2.91. The third-order valence-electron chi connectivity index (χ3n) is 4.48. The van der Waals surface area contributed by atoms with Crippen LogP contribution in [0.5, 0.6) is 5.75 Å². The zero-order valence-electron chi connectivity index (χ0n) is 13.7. The Morgan fingerprint density at radius 1 is 1.38 bits per heavy atom. The summed E-state index contributed by atoms with van der Waals surface area (Å²) in [5, 5.41) is 0. The van der Waals surface area contributed by atoms with Gasteiger partial charge in [0.05, 0.1) is 13.2 Å². The lowest BCUT2D eigenvalue weighted by atomic mass is 9.93. The molecule has 0 unspecified atom stereocenters. The van der Waals surface area contributed by atoms with Crippen molar-refractivity contribution in [2.45, 2.75) is 25.9 Å². The number of methoxy groups -OCH3 is 1. The number of carbonyl (C=O) groups is 1. The monoisotopic (exact) mass is 330 g/mol. The average molecular weight is 330 g/mol. The van der Waals surface area contributed by atoms with Gasteiger partial charge in [-0.25, -0.2) is 4.39 Å². The molecule has 0 radical (unpaired) electrons. The SMILES string of the molecule is COc1cccn(CC(=O)N2CCc3ccc(F)cc3[C@H]2C)c1=O. The van der Waals surface area contributed by atoms with Crippen molar-refractivity contribution in [3.05, 3.63) is 63.8 Å². The summed E-state index contributed by atoms with van der Waals surface area (Å²) in [4.78, 5) is 26.5. The molecule has 2 heterocycles. The summed E-state index contributed by atoms with van der Waals surface area (Å²) in [5.74, 6) is -0.281. The first-order valence-corrected chi connectivity index (χ1v) is 7.82. The number of ether oxygens (including phenoxy) is 1. The van der Waals surface area contributed by atoms with Crippen molar-refractivity contribution in [3.8, 4) is 5.75 Å². The Morgan fingerprint density at radius 3 is 2.92 bits per heavy atom. The molecule has 0 saturated carbocycles. The average Bonchev–Trinajstić information content (AvgIpc) is 2.57. The van der Waals surface area contributed by atoms with Crippen LogP contribution < -0.4 is 10.3 Å². The molecular formula is C18H19FN2O3. The number of hydrogen-bond acceptors (Lipinski definition) is 3. The Morgan fingerprint density at radius 2 is 2.17 bits per heavy atom. The lowest BCUT2D eigenvalue weighted by molar-refractivity contribution is -0.134. The zero-order chi connectivity index (χ0) is 17.3. The highest BCUT2D eigenvalue weighted by Crippen LogP contribution is 2.30. The molecule has 1 aliphatic rings. The Kier molecular flexibility index (Phi) is 4.38. The highest BCUT2D eigenvalue weighted by atomic mass is 19.1. The van der Waals surface area contributed by atoms with E-state index in [0.29, 0.717) is 13.0 Å². The molecular weight excluding hydrogens is 311 g/mol. The molecule has 1 aromatic carbocycles. The second-order valence-electron chi connectivity index (χ2n) is 5.87. The minimum absolute atomic E-state index is 0.0645. The number of rotatable bonds is 3. The van der Waals surface area contributed by atoms with Crippen LogP contribution in [0.25, 0.3) is 0 Å². The second-order valence-corrected chi connectivity index (χ2v) is 5.87. The normalized spacial score (nSPS) is 16.6. The summed E-state index contributed by atoms with van der Waals surface area (Å²) in [5.41, 5.74) is 1.54. The fourth-order valence-electron chi connectivity index (χ4n) is 3.16. The van der Waals surface area contributed by atoms with E-state index in [2.05, 4.69) is 0 Å². The van der Waals surface area contributed by atoms with Crippen molar-refractivity contribution in [3.63, 3.8) is 0 Å². The number of carbonyl (C=O) groups excluding carboxylic acids is 1. The van der Waals surface area contributed by atoms with Crippen molar-refractivity contribution < 1.29 is 13.9 Å². The van der Waals surface area contributed by atoms with Crippen LogP contribution in [0.4, 0.5) is 4.39 Å². The van der Waals surface area contributed by atoms with Gasteiger partial charge in [-0.1, -0.05) is 6.07 Å². The van der Waals surface area contributed by atoms with Gasteiger partial charge in [0.15, 0.2) is 5.75 Å². The van der Waals surface area contributed by atoms with Crippen LogP contribution in [-0.2, 0) is 17.8 Å². The smallest absolute Gasteiger partial charge is 0.293 e. The molecule has 3 rings (SSSR count). The van der Waals surface area contributed by atoms with E-state index in [4.69, 9.17) is 4.74 Å². The molecule has 0 spiro atoms. The molecule has 1 aliphatic heterocycles. The van der Waals surface area contributed by atoms with E-state index in [9.17, 15) is 14.0 Å². The molecule has 1 amide bonds. The van der Waals surface area contributed by atoms with Crippen molar-refractivity contribution >= 4 is 5.91 Å². The van der Waals surface area contributed by atoms with Crippen molar-refractivity contribution in [1.82, 2.24) is 9.47 Å². The lowest BCUT2D eigenvalue weighted by Gasteiger charge is -2.35. The van der Waals surface area contributed by atoms with Crippen molar-refractivity contribution in [2.24, 2.45) is 0 Å². The van der Waals surface area contributed by atoms with Crippen LogP contribution in [-0.4, -0.2) is 29.0 Å². The molecule has 1 atom stereocenters. The number of pyridine rings is 1. The standard InChI is InChI=1S/C18H19FN2O3/c1-12-15-10-14(19)6-5-13(15)7-9-21(12)17(22)11-20-8-3-4-16(24-2)18(20)23/h3-6,8,10,12H,7,9,11H2,1-2H3/t12-/m1/s1. The largest absolute Gasteiger partial charge is 0.491 e. The maximum atomic E-state index is 13.5. The minimum Gasteiger partial charge on any atom is -0.491 e. The number of aromatic nitrogens is 1. The van der Waals surface area contributed by atoms with E-state index in [0.717, 1.165) is 11.1 Å². The van der Waals surface area contributed by atoms with Crippen LogP contribution >= 0.6 is 0 Å². The number of fused-ring (bicyclic) bond motifs is 1. The number of benzene rings is 1. The predicted molar refractivity (Wildman–Crippen MR) is 87.5 cm³/mol. The summed E-state index contributed by atoms with van der Waals surface area (Å²) < 4.78 is 19.8. The van der Waals surface area contributed by atoms with Crippen LogP contribution in [0.1, 0.15) is 24.1 Å². The quantitative estimate of drug-likeness (QED) is 0.866. The van der Waals surface area contributed by atoms with Crippen LogP contribution in [0.3, 0.4) is 0 Å². The Balaban J connectivity index is 1.83. The first-order valence-electron chi connectivity index (χ1n) is 7.82. The van der Waals surface area contributed by atoms with Crippen LogP contribution in [0, 0.1) is 5.82 Å². The molecule has 1 aromatic heterocycles. The van der Waals surface area contributed by atoms with Crippen LogP contribution in [0.15, 0.2) is 41.3 Å². The second kappa shape index (κ2) is 6.47. The summed E-state index contributed by atoms with van der Waals surface area (Å²) >= 11 is 0. The number of nitrogens with zero attached hydrogens (tertiary/aromatic N) is 2. The van der Waals surface area contributed by atoms with E-state index in [1.807, 2.05) is 6.92 Å². The molecule has 24 heavy (non-hydrogen) atoms. The van der Waals surface area contributed by atoms with Crippen molar-refractivity contribution in [2.75, 3.05) is 13.7 Å². The molecule has 126 valence electrons. The maximum Gasteiger partial charge on any atom is 0.293 e.